The number of amides is 1. The van der Waals surface area contributed by atoms with Crippen LogP contribution >= 0.6 is 11.8 Å². The number of hydrogen-bond donors (Lipinski definition) is 2. The van der Waals surface area contributed by atoms with Gasteiger partial charge in [-0.05, 0) is 26.0 Å². The Hall–Kier alpha value is -1.53. The molecule has 5 nitrogen and oxygen atoms in total. The van der Waals surface area contributed by atoms with Crippen LogP contribution in [0.15, 0.2) is 29.2 Å². The highest BCUT2D eigenvalue weighted by Gasteiger charge is 2.29. The fourth-order valence-corrected chi connectivity index (χ4v) is 2.64. The lowest BCUT2D eigenvalue weighted by Crippen LogP contribution is -2.51. The Morgan fingerprint density at radius 2 is 1.95 bits per heavy atom. The maximum atomic E-state index is 12.0. The minimum absolute atomic E-state index is 0.153. The van der Waals surface area contributed by atoms with Gasteiger partial charge in [0.25, 0.3) is 0 Å². The second-order valence-electron chi connectivity index (χ2n) is 5.21. The van der Waals surface area contributed by atoms with Crippen molar-refractivity contribution in [2.24, 2.45) is 0 Å². The monoisotopic (exact) mass is 311 g/mol. The van der Waals surface area contributed by atoms with Gasteiger partial charge >= 0.3 is 5.97 Å². The third kappa shape index (κ3) is 6.64. The summed E-state index contributed by atoms with van der Waals surface area (Å²) in [5.74, 6) is -0.940. The normalized spacial score (nSPS) is 13.5. The van der Waals surface area contributed by atoms with Crippen molar-refractivity contribution in [1.29, 1.82) is 0 Å². The topological polar surface area (TPSA) is 75.6 Å². The average molecular weight is 311 g/mol. The van der Waals surface area contributed by atoms with Gasteiger partial charge in [-0.1, -0.05) is 17.7 Å². The molecule has 0 heterocycles. The number of methoxy groups -OCH3 is 1. The summed E-state index contributed by atoms with van der Waals surface area (Å²) >= 11 is 1.41. The molecule has 0 aliphatic carbocycles. The fourth-order valence-electron chi connectivity index (χ4n) is 1.94. The van der Waals surface area contributed by atoms with Gasteiger partial charge in [-0.3, -0.25) is 9.59 Å². The summed E-state index contributed by atoms with van der Waals surface area (Å²) < 4.78 is 5.00. The predicted molar refractivity (Wildman–Crippen MR) is 82.6 cm³/mol. The maximum Gasteiger partial charge on any atom is 0.305 e. The zero-order valence-electron chi connectivity index (χ0n) is 12.5. The second kappa shape index (κ2) is 8.05. The number of aliphatic carboxylic acids is 1. The molecule has 1 amide bonds. The summed E-state index contributed by atoms with van der Waals surface area (Å²) in [6.45, 7) is 3.82. The molecule has 0 spiro atoms. The van der Waals surface area contributed by atoms with E-state index in [4.69, 9.17) is 9.84 Å². The van der Waals surface area contributed by atoms with E-state index in [0.717, 1.165) is 10.5 Å². The number of ether oxygens (including phenoxy) is 1. The minimum Gasteiger partial charge on any atom is -0.481 e. The van der Waals surface area contributed by atoms with Crippen LogP contribution in [0.25, 0.3) is 0 Å². The molecule has 2 N–H and O–H groups in total. The first-order valence-corrected chi connectivity index (χ1v) is 7.54. The third-order valence-corrected chi connectivity index (χ3v) is 3.85. The largest absolute Gasteiger partial charge is 0.481 e. The molecule has 1 aromatic carbocycles. The number of hydrogen-bond acceptors (Lipinski definition) is 4. The molecule has 1 aromatic rings. The fraction of sp³-hybridized carbons (Fsp3) is 0.467. The summed E-state index contributed by atoms with van der Waals surface area (Å²) in [7, 11) is 1.48. The van der Waals surface area contributed by atoms with Gasteiger partial charge in [0.05, 0.1) is 24.3 Å². The Morgan fingerprint density at radius 1 is 1.33 bits per heavy atom. The number of thioether (sulfide) groups is 1. The van der Waals surface area contributed by atoms with Crippen molar-refractivity contribution < 1.29 is 19.4 Å². The average Bonchev–Trinajstić information content (AvgIpc) is 2.37. The third-order valence-electron chi connectivity index (χ3n) is 2.84. The van der Waals surface area contributed by atoms with Crippen molar-refractivity contribution >= 4 is 23.6 Å². The van der Waals surface area contributed by atoms with Crippen molar-refractivity contribution in [1.82, 2.24) is 5.32 Å². The molecule has 0 aromatic heterocycles. The van der Waals surface area contributed by atoms with Crippen LogP contribution in [0.5, 0.6) is 0 Å². The predicted octanol–water partition coefficient (Wildman–Crippen LogP) is 2.08. The summed E-state index contributed by atoms with van der Waals surface area (Å²) in [6, 6.07) is 7.89. The lowest BCUT2D eigenvalue weighted by atomic mass is 9.99. The Balaban J connectivity index is 2.53. The van der Waals surface area contributed by atoms with Gasteiger partial charge in [0.15, 0.2) is 0 Å². The van der Waals surface area contributed by atoms with Gasteiger partial charge in [0.1, 0.15) is 0 Å². The molecule has 0 aliphatic rings. The van der Waals surface area contributed by atoms with Gasteiger partial charge < -0.3 is 15.2 Å². The van der Waals surface area contributed by atoms with Crippen LogP contribution in [-0.4, -0.2) is 42.0 Å². The molecule has 0 saturated carbocycles. The van der Waals surface area contributed by atoms with Crippen LogP contribution in [0.1, 0.15) is 18.9 Å². The Bertz CT molecular complexity index is 489. The van der Waals surface area contributed by atoms with E-state index in [-0.39, 0.29) is 24.7 Å². The standard InChI is InChI=1S/C15H21NO4S/c1-11-4-6-12(7-5-11)21-9-13(17)16-15(2,10-20-3)8-14(18)19/h4-7H,8-10H2,1-3H3,(H,16,17)(H,18,19). The van der Waals surface area contributed by atoms with Gasteiger partial charge in [-0.15, -0.1) is 11.8 Å². The number of rotatable bonds is 8. The van der Waals surface area contributed by atoms with Gasteiger partial charge in [-0.25, -0.2) is 0 Å². The molecule has 0 fully saturated rings. The van der Waals surface area contributed by atoms with E-state index in [1.54, 1.807) is 6.92 Å². The van der Waals surface area contributed by atoms with Gasteiger partial charge in [0, 0.05) is 12.0 Å². The van der Waals surface area contributed by atoms with Crippen LogP contribution < -0.4 is 5.32 Å². The van der Waals surface area contributed by atoms with E-state index in [2.05, 4.69) is 5.32 Å². The number of benzene rings is 1. The Kier molecular flexibility index (Phi) is 6.71. The van der Waals surface area contributed by atoms with Crippen LogP contribution in [0.3, 0.4) is 0 Å². The number of carboxylic acids is 1. The van der Waals surface area contributed by atoms with Crippen LogP contribution in [-0.2, 0) is 14.3 Å². The molecule has 0 bridgehead atoms. The molecule has 0 saturated heterocycles. The highest BCUT2D eigenvalue weighted by Crippen LogP contribution is 2.18. The van der Waals surface area contributed by atoms with Crippen LogP contribution in [0.2, 0.25) is 0 Å². The SMILES string of the molecule is COCC(C)(CC(=O)O)NC(=O)CSc1ccc(C)cc1. The number of carboxylic acid groups (broad SMARTS) is 1. The molecule has 0 radical (unpaired) electrons. The van der Waals surface area contributed by atoms with Crippen molar-refractivity contribution in [3.63, 3.8) is 0 Å². The highest BCUT2D eigenvalue weighted by atomic mass is 32.2. The van der Waals surface area contributed by atoms with Gasteiger partial charge in [0.2, 0.25) is 5.91 Å². The van der Waals surface area contributed by atoms with E-state index in [1.807, 2.05) is 31.2 Å². The number of aryl methyl sites for hydroxylation is 1. The maximum absolute atomic E-state index is 12.0. The molecule has 1 unspecified atom stereocenters. The summed E-state index contributed by atoms with van der Waals surface area (Å²) in [5.41, 5.74) is 0.267. The molecular weight excluding hydrogens is 290 g/mol. The Labute approximate surface area is 129 Å². The van der Waals surface area contributed by atoms with Crippen molar-refractivity contribution in [2.45, 2.75) is 30.7 Å². The number of carbonyl (C=O) groups is 2. The smallest absolute Gasteiger partial charge is 0.305 e. The molecular formula is C15H21NO4S. The van der Waals surface area contributed by atoms with Crippen LogP contribution in [0.4, 0.5) is 0 Å². The lowest BCUT2D eigenvalue weighted by Gasteiger charge is -2.28. The van der Waals surface area contributed by atoms with E-state index in [1.165, 1.54) is 18.9 Å². The highest BCUT2D eigenvalue weighted by molar-refractivity contribution is 8.00. The summed E-state index contributed by atoms with van der Waals surface area (Å²) in [4.78, 5) is 23.8. The molecule has 1 atom stereocenters. The molecule has 6 heteroatoms. The Morgan fingerprint density at radius 3 is 2.48 bits per heavy atom. The first-order chi connectivity index (χ1) is 9.84. The second-order valence-corrected chi connectivity index (χ2v) is 6.26. The van der Waals surface area contributed by atoms with Crippen molar-refractivity contribution in [3.8, 4) is 0 Å². The number of nitrogens with one attached hydrogen (secondary N) is 1. The zero-order chi connectivity index (χ0) is 15.9. The molecule has 21 heavy (non-hydrogen) atoms. The lowest BCUT2D eigenvalue weighted by molar-refractivity contribution is -0.139. The molecule has 116 valence electrons. The van der Waals surface area contributed by atoms with E-state index < -0.39 is 11.5 Å². The van der Waals surface area contributed by atoms with Crippen molar-refractivity contribution in [3.05, 3.63) is 29.8 Å². The first-order valence-electron chi connectivity index (χ1n) is 6.56. The molecule has 0 aliphatic heterocycles. The van der Waals surface area contributed by atoms with Crippen LogP contribution in [0, 0.1) is 6.92 Å². The number of carbonyl (C=O) groups excluding carboxylic acids is 1. The quantitative estimate of drug-likeness (QED) is 0.719. The summed E-state index contributed by atoms with van der Waals surface area (Å²) in [5, 5.41) is 11.7. The molecule has 1 rings (SSSR count). The first kappa shape index (κ1) is 17.5. The zero-order valence-corrected chi connectivity index (χ0v) is 13.3. The van der Waals surface area contributed by atoms with Crippen molar-refractivity contribution in [2.75, 3.05) is 19.5 Å². The minimum atomic E-state index is -0.971. The van der Waals surface area contributed by atoms with E-state index in [0.29, 0.717) is 0 Å². The van der Waals surface area contributed by atoms with E-state index in [9.17, 15) is 9.59 Å². The van der Waals surface area contributed by atoms with Gasteiger partial charge in [-0.2, -0.15) is 0 Å². The van der Waals surface area contributed by atoms with E-state index >= 15 is 0 Å². The summed E-state index contributed by atoms with van der Waals surface area (Å²) in [6.07, 6.45) is -0.179.